The fourth-order valence-corrected chi connectivity index (χ4v) is 4.48. The Morgan fingerprint density at radius 2 is 1.69 bits per heavy atom. The summed E-state index contributed by atoms with van der Waals surface area (Å²) in [6.07, 6.45) is 4.20. The molecule has 1 aliphatic carbocycles. The van der Waals surface area contributed by atoms with E-state index in [1.54, 1.807) is 0 Å². The summed E-state index contributed by atoms with van der Waals surface area (Å²) in [5.74, 6) is 1.17. The Balaban J connectivity index is 1.65. The lowest BCUT2D eigenvalue weighted by atomic mass is 9.78. The summed E-state index contributed by atoms with van der Waals surface area (Å²) in [5, 5.41) is 17.3. The predicted octanol–water partition coefficient (Wildman–Crippen LogP) is 5.76. The first-order valence-electron chi connectivity index (χ1n) is 9.58. The maximum Gasteiger partial charge on any atom is 0.248 e. The lowest BCUT2D eigenvalue weighted by molar-refractivity contribution is 0.471. The summed E-state index contributed by atoms with van der Waals surface area (Å²) >= 11 is 12.2. The van der Waals surface area contributed by atoms with Gasteiger partial charge in [-0.05, 0) is 81.8 Å². The van der Waals surface area contributed by atoms with E-state index in [4.69, 9.17) is 23.2 Å². The first-order chi connectivity index (χ1) is 14.1. The molecule has 2 aromatic carbocycles. The van der Waals surface area contributed by atoms with Crippen LogP contribution in [0.15, 0.2) is 65.4 Å². The summed E-state index contributed by atoms with van der Waals surface area (Å²) < 4.78 is 1.86. The van der Waals surface area contributed by atoms with E-state index in [0.717, 1.165) is 34.7 Å². The topological polar surface area (TPSA) is 55.6 Å². The first-order valence-corrected chi connectivity index (χ1v) is 10.3. The van der Waals surface area contributed by atoms with Crippen LogP contribution in [-0.4, -0.2) is 20.2 Å². The van der Waals surface area contributed by atoms with Gasteiger partial charge in [-0.3, -0.25) is 0 Å². The van der Waals surface area contributed by atoms with Crippen LogP contribution in [0.4, 0.5) is 5.95 Å². The van der Waals surface area contributed by atoms with Crippen molar-refractivity contribution in [1.29, 1.82) is 0 Å². The second kappa shape index (κ2) is 7.32. The zero-order valence-corrected chi connectivity index (χ0v) is 17.3. The lowest BCUT2D eigenvalue weighted by Gasteiger charge is -2.36. The van der Waals surface area contributed by atoms with Crippen molar-refractivity contribution in [2.24, 2.45) is 5.92 Å². The summed E-state index contributed by atoms with van der Waals surface area (Å²) in [5.41, 5.74) is 5.93. The zero-order chi connectivity index (χ0) is 20.0. The van der Waals surface area contributed by atoms with E-state index in [-0.39, 0.29) is 6.04 Å². The van der Waals surface area contributed by atoms with Gasteiger partial charge in [0.1, 0.15) is 6.04 Å². The normalized spacial score (nSPS) is 22.2. The standard InChI is InChI=1S/C22H19Cl2N5/c1-13-10-16(12-14-2-6-17(23)7-3-14)20-19(11-13)21(15-4-8-18(24)9-5-15)29-22(25-20)26-27-28-29/h2-9,12-13,21H,10-11H2,1H3,(H,25,26,28). The molecule has 5 nitrogen and oxygen atoms in total. The molecule has 2 aliphatic rings. The maximum atomic E-state index is 6.12. The molecule has 1 aromatic heterocycles. The van der Waals surface area contributed by atoms with Crippen LogP contribution >= 0.6 is 23.2 Å². The molecule has 1 N–H and O–H groups in total. The molecule has 0 bridgehead atoms. The van der Waals surface area contributed by atoms with Crippen molar-refractivity contribution in [1.82, 2.24) is 20.2 Å². The van der Waals surface area contributed by atoms with Crippen LogP contribution in [0, 0.1) is 5.92 Å². The predicted molar refractivity (Wildman–Crippen MR) is 116 cm³/mol. The average molecular weight is 424 g/mol. The molecule has 5 rings (SSSR count). The van der Waals surface area contributed by atoms with Crippen molar-refractivity contribution >= 4 is 35.2 Å². The minimum atomic E-state index is -0.0510. The summed E-state index contributed by atoms with van der Waals surface area (Å²) in [6.45, 7) is 2.29. The minimum Gasteiger partial charge on any atom is -0.323 e. The SMILES string of the molecule is CC1CC(=Cc2ccc(Cl)cc2)C2=C(C1)C(c1ccc(Cl)cc1)n1nnnc1N2. The van der Waals surface area contributed by atoms with E-state index in [2.05, 4.69) is 46.0 Å². The van der Waals surface area contributed by atoms with Crippen LogP contribution in [-0.2, 0) is 0 Å². The van der Waals surface area contributed by atoms with E-state index < -0.39 is 0 Å². The van der Waals surface area contributed by atoms with E-state index in [9.17, 15) is 0 Å². The highest BCUT2D eigenvalue weighted by Gasteiger charge is 2.35. The Morgan fingerprint density at radius 1 is 1.00 bits per heavy atom. The van der Waals surface area contributed by atoms with Gasteiger partial charge in [0, 0.05) is 15.7 Å². The monoisotopic (exact) mass is 423 g/mol. The summed E-state index contributed by atoms with van der Waals surface area (Å²) in [4.78, 5) is 0. The Kier molecular flexibility index (Phi) is 4.64. The van der Waals surface area contributed by atoms with Gasteiger partial charge >= 0.3 is 0 Å². The highest BCUT2D eigenvalue weighted by atomic mass is 35.5. The maximum absolute atomic E-state index is 6.12. The molecule has 146 valence electrons. The van der Waals surface area contributed by atoms with Gasteiger partial charge in [0.15, 0.2) is 0 Å². The number of benzene rings is 2. The van der Waals surface area contributed by atoms with Gasteiger partial charge in [-0.15, -0.1) is 0 Å². The number of halogens is 2. The number of hydrogen-bond acceptors (Lipinski definition) is 4. The fourth-order valence-electron chi connectivity index (χ4n) is 4.23. The molecular weight excluding hydrogens is 405 g/mol. The highest BCUT2D eigenvalue weighted by Crippen LogP contribution is 2.45. The lowest BCUT2D eigenvalue weighted by Crippen LogP contribution is -2.30. The number of aromatic nitrogens is 4. The third kappa shape index (κ3) is 3.45. The third-order valence-electron chi connectivity index (χ3n) is 5.48. The number of fused-ring (bicyclic) bond motifs is 1. The smallest absolute Gasteiger partial charge is 0.248 e. The molecule has 1 aliphatic heterocycles. The van der Waals surface area contributed by atoms with E-state index in [1.165, 1.54) is 11.1 Å². The largest absolute Gasteiger partial charge is 0.323 e. The van der Waals surface area contributed by atoms with Crippen molar-refractivity contribution < 1.29 is 0 Å². The molecule has 0 saturated heterocycles. The molecule has 0 spiro atoms. The number of hydrogen-bond donors (Lipinski definition) is 1. The van der Waals surface area contributed by atoms with Crippen molar-refractivity contribution in [2.45, 2.75) is 25.8 Å². The van der Waals surface area contributed by atoms with Gasteiger partial charge in [0.25, 0.3) is 0 Å². The van der Waals surface area contributed by atoms with Gasteiger partial charge in [-0.1, -0.05) is 59.5 Å². The number of nitrogens with zero attached hydrogens (tertiary/aromatic N) is 4. The van der Waals surface area contributed by atoms with Crippen molar-refractivity contribution in [2.75, 3.05) is 5.32 Å². The van der Waals surface area contributed by atoms with E-state index >= 15 is 0 Å². The number of anilines is 1. The highest BCUT2D eigenvalue weighted by molar-refractivity contribution is 6.30. The molecule has 3 aromatic rings. The van der Waals surface area contributed by atoms with Crippen LogP contribution in [0.5, 0.6) is 0 Å². The number of nitrogens with one attached hydrogen (secondary N) is 1. The number of rotatable bonds is 2. The van der Waals surface area contributed by atoms with E-state index in [1.807, 2.05) is 41.1 Å². The molecule has 7 heteroatoms. The fraction of sp³-hybridized carbons (Fsp3) is 0.227. The van der Waals surface area contributed by atoms with Crippen LogP contribution in [0.3, 0.4) is 0 Å². The van der Waals surface area contributed by atoms with Gasteiger partial charge in [0.05, 0.1) is 0 Å². The molecule has 0 amide bonds. The van der Waals surface area contributed by atoms with Crippen molar-refractivity contribution in [3.63, 3.8) is 0 Å². The second-order valence-corrected chi connectivity index (χ2v) is 8.53. The molecule has 2 atom stereocenters. The van der Waals surface area contributed by atoms with Crippen molar-refractivity contribution in [3.8, 4) is 0 Å². The Hall–Kier alpha value is -2.63. The average Bonchev–Trinajstić information content (AvgIpc) is 3.17. The molecule has 29 heavy (non-hydrogen) atoms. The quantitative estimate of drug-likeness (QED) is 0.568. The number of tetrazole rings is 1. The molecule has 0 saturated carbocycles. The Morgan fingerprint density at radius 3 is 2.41 bits per heavy atom. The van der Waals surface area contributed by atoms with Crippen LogP contribution in [0.25, 0.3) is 6.08 Å². The molecule has 0 fully saturated rings. The molecule has 2 unspecified atom stereocenters. The number of allylic oxidation sites excluding steroid dienone is 2. The molecular formula is C22H19Cl2N5. The summed E-state index contributed by atoms with van der Waals surface area (Å²) in [6, 6.07) is 15.8. The second-order valence-electron chi connectivity index (χ2n) is 7.66. The minimum absolute atomic E-state index is 0.0510. The van der Waals surface area contributed by atoms with Crippen molar-refractivity contribution in [3.05, 3.63) is 86.5 Å². The van der Waals surface area contributed by atoms with E-state index in [0.29, 0.717) is 16.9 Å². The van der Waals surface area contributed by atoms with Gasteiger partial charge in [-0.25, -0.2) is 0 Å². The van der Waals surface area contributed by atoms with Crippen LogP contribution in [0.1, 0.15) is 36.9 Å². The first kappa shape index (κ1) is 18.4. The Bertz CT molecular complexity index is 1110. The van der Waals surface area contributed by atoms with Gasteiger partial charge in [0.2, 0.25) is 5.95 Å². The third-order valence-corrected chi connectivity index (χ3v) is 5.98. The molecule has 2 heterocycles. The van der Waals surface area contributed by atoms with Gasteiger partial charge in [-0.2, -0.15) is 4.68 Å². The Labute approximate surface area is 179 Å². The zero-order valence-electron chi connectivity index (χ0n) is 15.8. The van der Waals surface area contributed by atoms with Crippen LogP contribution in [0.2, 0.25) is 10.0 Å². The summed E-state index contributed by atoms with van der Waals surface area (Å²) in [7, 11) is 0. The van der Waals surface area contributed by atoms with Crippen LogP contribution < -0.4 is 5.32 Å². The molecule has 0 radical (unpaired) electrons. The van der Waals surface area contributed by atoms with Gasteiger partial charge < -0.3 is 5.32 Å².